The molecule has 0 aromatic heterocycles. The second kappa shape index (κ2) is 9.09. The number of methoxy groups -OCH3 is 1. The summed E-state index contributed by atoms with van der Waals surface area (Å²) in [5, 5.41) is 9.87. The van der Waals surface area contributed by atoms with Gasteiger partial charge in [-0.05, 0) is 62.8 Å². The maximum atomic E-state index is 13.5. The van der Waals surface area contributed by atoms with Crippen LogP contribution in [0, 0.1) is 5.82 Å². The van der Waals surface area contributed by atoms with E-state index in [0.717, 1.165) is 26.7 Å². The van der Waals surface area contributed by atoms with Gasteiger partial charge >= 0.3 is 5.97 Å². The maximum Gasteiger partial charge on any atom is 0.309 e. The van der Waals surface area contributed by atoms with Crippen LogP contribution in [0.4, 0.5) is 4.39 Å². The Morgan fingerprint density at radius 2 is 2.00 bits per heavy atom. The quantitative estimate of drug-likeness (QED) is 0.598. The minimum Gasteiger partial charge on any atom is -0.495 e. The van der Waals surface area contributed by atoms with E-state index in [2.05, 4.69) is 29.8 Å². The molecule has 0 spiro atoms. The Hall–Kier alpha value is -2.18. The van der Waals surface area contributed by atoms with Crippen LogP contribution in [0.5, 0.6) is 5.75 Å². The van der Waals surface area contributed by atoms with Gasteiger partial charge in [0.1, 0.15) is 17.7 Å². The van der Waals surface area contributed by atoms with Gasteiger partial charge < -0.3 is 14.6 Å². The van der Waals surface area contributed by atoms with Crippen LogP contribution in [0.15, 0.2) is 40.9 Å². The summed E-state index contributed by atoms with van der Waals surface area (Å²) in [4.78, 5) is 11.7. The lowest BCUT2D eigenvalue weighted by molar-refractivity contribution is -0.156. The van der Waals surface area contributed by atoms with Gasteiger partial charge in [0.05, 0.1) is 24.1 Å². The van der Waals surface area contributed by atoms with Gasteiger partial charge in [0, 0.05) is 12.0 Å². The van der Waals surface area contributed by atoms with Gasteiger partial charge in [-0.1, -0.05) is 32.1 Å². The van der Waals surface area contributed by atoms with E-state index in [1.807, 2.05) is 12.1 Å². The zero-order chi connectivity index (χ0) is 21.1. The normalized spacial score (nSPS) is 19.6. The third-order valence-corrected chi connectivity index (χ3v) is 5.52. The molecule has 2 aromatic carbocycles. The monoisotopic (exact) mass is 462 g/mol. The number of hydrogen-bond acceptors (Lipinski definition) is 4. The van der Waals surface area contributed by atoms with Crippen molar-refractivity contribution in [3.63, 3.8) is 0 Å². The molecular formula is C23H24BrFO4. The molecule has 3 rings (SSSR count). The fourth-order valence-corrected chi connectivity index (χ4v) is 4.16. The SMILES string of the molecule is COc1c(Br)cc(C(C)C)c(C=CC2CC(O)CC(=O)O2)c1-c1ccc(F)cc1. The van der Waals surface area contributed by atoms with E-state index < -0.39 is 18.2 Å². The van der Waals surface area contributed by atoms with Crippen molar-refractivity contribution < 1.29 is 23.8 Å². The maximum absolute atomic E-state index is 13.5. The van der Waals surface area contributed by atoms with E-state index in [0.29, 0.717) is 12.2 Å². The highest BCUT2D eigenvalue weighted by Gasteiger charge is 2.26. The van der Waals surface area contributed by atoms with Gasteiger partial charge in [-0.2, -0.15) is 0 Å². The molecule has 1 aliphatic heterocycles. The van der Waals surface area contributed by atoms with Gasteiger partial charge in [0.15, 0.2) is 0 Å². The largest absolute Gasteiger partial charge is 0.495 e. The molecule has 6 heteroatoms. The first-order valence-corrected chi connectivity index (χ1v) is 10.3. The third-order valence-electron chi connectivity index (χ3n) is 4.93. The van der Waals surface area contributed by atoms with Gasteiger partial charge in [0.25, 0.3) is 0 Å². The van der Waals surface area contributed by atoms with E-state index in [-0.39, 0.29) is 18.2 Å². The van der Waals surface area contributed by atoms with Crippen molar-refractivity contribution in [2.45, 2.75) is 44.8 Å². The number of esters is 1. The van der Waals surface area contributed by atoms with Crippen molar-refractivity contribution in [1.29, 1.82) is 0 Å². The average molecular weight is 463 g/mol. The molecule has 0 radical (unpaired) electrons. The number of ether oxygens (including phenoxy) is 2. The van der Waals surface area contributed by atoms with E-state index in [4.69, 9.17) is 9.47 Å². The molecule has 1 N–H and O–H groups in total. The molecule has 1 saturated heterocycles. The number of carbonyl (C=O) groups excluding carboxylic acids is 1. The Labute approximate surface area is 178 Å². The summed E-state index contributed by atoms with van der Waals surface area (Å²) < 4.78 is 25.3. The van der Waals surface area contributed by atoms with Crippen molar-refractivity contribution in [3.05, 3.63) is 57.8 Å². The highest BCUT2D eigenvalue weighted by atomic mass is 79.9. The Morgan fingerprint density at radius 3 is 2.59 bits per heavy atom. The lowest BCUT2D eigenvalue weighted by Crippen LogP contribution is -2.31. The summed E-state index contributed by atoms with van der Waals surface area (Å²) >= 11 is 3.59. The zero-order valence-corrected chi connectivity index (χ0v) is 18.2. The molecule has 2 atom stereocenters. The van der Waals surface area contributed by atoms with E-state index in [1.165, 1.54) is 12.1 Å². The topological polar surface area (TPSA) is 55.8 Å². The molecule has 1 fully saturated rings. The van der Waals surface area contributed by atoms with Crippen LogP contribution in [0.1, 0.15) is 43.7 Å². The molecule has 2 aromatic rings. The Morgan fingerprint density at radius 1 is 1.31 bits per heavy atom. The van der Waals surface area contributed by atoms with Crippen LogP contribution < -0.4 is 4.74 Å². The summed E-state index contributed by atoms with van der Waals surface area (Å²) in [6.45, 7) is 4.18. The van der Waals surface area contributed by atoms with Crippen LogP contribution in [-0.2, 0) is 9.53 Å². The van der Waals surface area contributed by atoms with Gasteiger partial charge in [-0.15, -0.1) is 0 Å². The third kappa shape index (κ3) is 4.87. The first-order chi connectivity index (χ1) is 13.8. The average Bonchev–Trinajstić information content (AvgIpc) is 2.66. The molecule has 0 bridgehead atoms. The van der Waals surface area contributed by atoms with Crippen molar-refractivity contribution in [2.24, 2.45) is 0 Å². The van der Waals surface area contributed by atoms with Gasteiger partial charge in [0.2, 0.25) is 0 Å². The second-order valence-corrected chi connectivity index (χ2v) is 8.27. The predicted octanol–water partition coefficient (Wildman–Crippen LogP) is 5.47. The second-order valence-electron chi connectivity index (χ2n) is 7.41. The summed E-state index contributed by atoms with van der Waals surface area (Å²) in [6.07, 6.45) is 2.88. The summed E-state index contributed by atoms with van der Waals surface area (Å²) in [6, 6.07) is 8.27. The number of cyclic esters (lactones) is 1. The van der Waals surface area contributed by atoms with E-state index in [1.54, 1.807) is 25.3 Å². The van der Waals surface area contributed by atoms with Crippen LogP contribution in [-0.4, -0.2) is 30.4 Å². The van der Waals surface area contributed by atoms with Crippen LogP contribution in [0.3, 0.4) is 0 Å². The summed E-state index contributed by atoms with van der Waals surface area (Å²) in [5.74, 6) is 0.124. The minimum atomic E-state index is -0.702. The first-order valence-electron chi connectivity index (χ1n) is 9.52. The van der Waals surface area contributed by atoms with Crippen LogP contribution in [0.25, 0.3) is 17.2 Å². The molecule has 154 valence electrons. The number of benzene rings is 2. The van der Waals surface area contributed by atoms with Crippen LogP contribution in [0.2, 0.25) is 0 Å². The molecule has 0 saturated carbocycles. The van der Waals surface area contributed by atoms with Gasteiger partial charge in [-0.3, -0.25) is 4.79 Å². The minimum absolute atomic E-state index is 0.0223. The Bertz CT molecular complexity index is 921. The zero-order valence-electron chi connectivity index (χ0n) is 16.6. The number of halogens is 2. The fraction of sp³-hybridized carbons (Fsp3) is 0.348. The Kier molecular flexibility index (Phi) is 6.75. The number of aliphatic hydroxyl groups excluding tert-OH is 1. The highest BCUT2D eigenvalue weighted by Crippen LogP contribution is 2.43. The van der Waals surface area contributed by atoms with Gasteiger partial charge in [-0.25, -0.2) is 4.39 Å². The van der Waals surface area contributed by atoms with Crippen molar-refractivity contribution in [3.8, 4) is 16.9 Å². The van der Waals surface area contributed by atoms with Crippen molar-refractivity contribution in [1.82, 2.24) is 0 Å². The Balaban J connectivity index is 2.16. The molecular weight excluding hydrogens is 439 g/mol. The smallest absolute Gasteiger partial charge is 0.309 e. The molecule has 29 heavy (non-hydrogen) atoms. The van der Waals surface area contributed by atoms with Crippen molar-refractivity contribution in [2.75, 3.05) is 7.11 Å². The first kappa shape index (κ1) is 21.5. The number of aliphatic hydroxyl groups is 1. The number of carbonyl (C=O) groups is 1. The highest BCUT2D eigenvalue weighted by molar-refractivity contribution is 9.10. The predicted molar refractivity (Wildman–Crippen MR) is 114 cm³/mol. The standard InChI is InChI=1S/C23H24BrFO4/c1-13(2)19-12-20(24)23(28-3)22(14-4-6-15(25)7-5-14)18(19)9-8-17-10-16(26)11-21(27)29-17/h4-9,12-13,16-17,26H,10-11H2,1-3H3. The molecule has 0 aliphatic carbocycles. The molecule has 1 heterocycles. The summed E-state index contributed by atoms with van der Waals surface area (Å²) in [5.41, 5.74) is 3.61. The van der Waals surface area contributed by atoms with E-state index >= 15 is 0 Å². The number of hydrogen-bond donors (Lipinski definition) is 1. The number of rotatable bonds is 5. The lowest BCUT2D eigenvalue weighted by Gasteiger charge is -2.24. The van der Waals surface area contributed by atoms with E-state index in [9.17, 15) is 14.3 Å². The fourth-order valence-electron chi connectivity index (χ4n) is 3.56. The van der Waals surface area contributed by atoms with Crippen molar-refractivity contribution >= 4 is 28.0 Å². The molecule has 0 amide bonds. The molecule has 4 nitrogen and oxygen atoms in total. The van der Waals surface area contributed by atoms with Crippen LogP contribution >= 0.6 is 15.9 Å². The molecule has 2 unspecified atom stereocenters. The molecule has 1 aliphatic rings. The summed E-state index contributed by atoms with van der Waals surface area (Å²) in [7, 11) is 1.59. The lowest BCUT2D eigenvalue weighted by atomic mass is 9.88.